The third kappa shape index (κ3) is 1.71. The average molecular weight is 170 g/mol. The molecule has 3 nitrogen and oxygen atoms in total. The molecular weight excluding hydrogens is 152 g/mol. The number of carbonyl (C=O) groups excluding carboxylic acids is 1. The summed E-state index contributed by atoms with van der Waals surface area (Å²) in [4.78, 5) is 12.9. The minimum atomic E-state index is 0.0514. The van der Waals surface area contributed by atoms with Gasteiger partial charge in [-0.3, -0.25) is 0 Å². The fourth-order valence-corrected chi connectivity index (χ4v) is 1.35. The van der Waals surface area contributed by atoms with Crippen LogP contribution in [0.3, 0.4) is 0 Å². The molecule has 70 valence electrons. The molecule has 0 saturated carbocycles. The van der Waals surface area contributed by atoms with Gasteiger partial charge >= 0.3 is 6.03 Å². The normalized spacial score (nSPS) is 18.8. The number of hydrogen-bond donors (Lipinski definition) is 1. The van der Waals surface area contributed by atoms with Crippen molar-refractivity contribution in [3.05, 3.63) is 0 Å². The fraction of sp³-hybridized carbons (Fsp3) is 0.889. The third-order valence-electron chi connectivity index (χ3n) is 2.61. The summed E-state index contributed by atoms with van der Waals surface area (Å²) in [5.74, 6) is 0.662. The van der Waals surface area contributed by atoms with Gasteiger partial charge in [0, 0.05) is 20.1 Å². The number of urea groups is 1. The van der Waals surface area contributed by atoms with Crippen molar-refractivity contribution in [2.24, 2.45) is 11.3 Å². The fourth-order valence-electron chi connectivity index (χ4n) is 1.35. The standard InChI is InChI=1S/C9H18N2O/c1-9(2,3)7-5-11(6-7)8(12)10-4/h7H,5-6H2,1-4H3,(H,10,12). The maximum Gasteiger partial charge on any atom is 0.317 e. The second-order valence-electron chi connectivity index (χ2n) is 4.52. The molecule has 0 radical (unpaired) electrons. The molecule has 0 atom stereocenters. The van der Waals surface area contributed by atoms with E-state index >= 15 is 0 Å². The maximum atomic E-state index is 11.1. The molecule has 1 rings (SSSR count). The lowest BCUT2D eigenvalue weighted by Gasteiger charge is -2.45. The highest BCUT2D eigenvalue weighted by Gasteiger charge is 2.37. The van der Waals surface area contributed by atoms with Crippen molar-refractivity contribution < 1.29 is 4.79 Å². The van der Waals surface area contributed by atoms with E-state index in [2.05, 4.69) is 26.1 Å². The number of rotatable bonds is 0. The van der Waals surface area contributed by atoms with Crippen molar-refractivity contribution in [2.75, 3.05) is 20.1 Å². The van der Waals surface area contributed by atoms with Crippen LogP contribution in [0.4, 0.5) is 4.79 Å². The first-order valence-electron chi connectivity index (χ1n) is 4.42. The topological polar surface area (TPSA) is 32.3 Å². The summed E-state index contributed by atoms with van der Waals surface area (Å²) in [5.41, 5.74) is 0.338. The van der Waals surface area contributed by atoms with Gasteiger partial charge in [0.15, 0.2) is 0 Å². The van der Waals surface area contributed by atoms with Crippen molar-refractivity contribution >= 4 is 6.03 Å². The number of carbonyl (C=O) groups is 1. The van der Waals surface area contributed by atoms with Gasteiger partial charge in [0.25, 0.3) is 0 Å². The van der Waals surface area contributed by atoms with Crippen molar-refractivity contribution in [1.82, 2.24) is 10.2 Å². The number of nitrogens with zero attached hydrogens (tertiary/aromatic N) is 1. The van der Waals surface area contributed by atoms with Gasteiger partial charge in [-0.1, -0.05) is 20.8 Å². The summed E-state index contributed by atoms with van der Waals surface area (Å²) in [6, 6.07) is 0.0514. The number of hydrogen-bond acceptors (Lipinski definition) is 1. The Balaban J connectivity index is 2.34. The van der Waals surface area contributed by atoms with Gasteiger partial charge in [0.1, 0.15) is 0 Å². The minimum absolute atomic E-state index is 0.0514. The molecule has 0 aliphatic carbocycles. The summed E-state index contributed by atoms with van der Waals surface area (Å²) in [7, 11) is 1.67. The Morgan fingerprint density at radius 3 is 2.25 bits per heavy atom. The highest BCUT2D eigenvalue weighted by Crippen LogP contribution is 2.33. The SMILES string of the molecule is CNC(=O)N1CC(C(C)(C)C)C1. The molecule has 1 aliphatic heterocycles. The Bertz CT molecular complexity index is 177. The van der Waals surface area contributed by atoms with Gasteiger partial charge < -0.3 is 10.2 Å². The molecule has 2 amide bonds. The molecule has 1 fully saturated rings. The van der Waals surface area contributed by atoms with Crippen molar-refractivity contribution in [3.8, 4) is 0 Å². The molecule has 1 aliphatic rings. The van der Waals surface area contributed by atoms with E-state index in [0.717, 1.165) is 13.1 Å². The summed E-state index contributed by atoms with van der Waals surface area (Å²) in [5, 5.41) is 2.63. The Morgan fingerprint density at radius 2 is 1.92 bits per heavy atom. The van der Waals surface area contributed by atoms with Gasteiger partial charge in [0.2, 0.25) is 0 Å². The number of amides is 2. The lowest BCUT2D eigenvalue weighted by Crippen LogP contribution is -2.56. The van der Waals surface area contributed by atoms with Gasteiger partial charge in [-0.2, -0.15) is 0 Å². The molecule has 12 heavy (non-hydrogen) atoms. The first-order valence-corrected chi connectivity index (χ1v) is 4.42. The first-order chi connectivity index (χ1) is 5.45. The van der Waals surface area contributed by atoms with Crippen LogP contribution in [0.1, 0.15) is 20.8 Å². The largest absolute Gasteiger partial charge is 0.341 e. The third-order valence-corrected chi connectivity index (χ3v) is 2.61. The molecular formula is C9H18N2O. The lowest BCUT2D eigenvalue weighted by molar-refractivity contribution is 0.0525. The summed E-state index contributed by atoms with van der Waals surface area (Å²) >= 11 is 0. The Hall–Kier alpha value is -0.730. The van der Waals surface area contributed by atoms with Crippen LogP contribution in [0.5, 0.6) is 0 Å². The van der Waals surface area contributed by atoms with Crippen LogP contribution in [0.25, 0.3) is 0 Å². The van der Waals surface area contributed by atoms with Crippen LogP contribution >= 0.6 is 0 Å². The molecule has 0 aromatic rings. The zero-order chi connectivity index (χ0) is 9.35. The highest BCUT2D eigenvalue weighted by molar-refractivity contribution is 5.74. The van der Waals surface area contributed by atoms with Gasteiger partial charge in [-0.15, -0.1) is 0 Å². The monoisotopic (exact) mass is 170 g/mol. The molecule has 0 spiro atoms. The van der Waals surface area contributed by atoms with Gasteiger partial charge in [0.05, 0.1) is 0 Å². The predicted octanol–water partition coefficient (Wildman–Crippen LogP) is 1.30. The van der Waals surface area contributed by atoms with E-state index in [4.69, 9.17) is 0 Å². The van der Waals surface area contributed by atoms with E-state index in [1.165, 1.54) is 0 Å². The molecule has 1 saturated heterocycles. The van der Waals surface area contributed by atoms with Crippen LogP contribution in [0.2, 0.25) is 0 Å². The summed E-state index contributed by atoms with van der Waals surface area (Å²) in [6.07, 6.45) is 0. The zero-order valence-electron chi connectivity index (χ0n) is 8.35. The Labute approximate surface area is 74.1 Å². The van der Waals surface area contributed by atoms with Crippen LogP contribution in [0, 0.1) is 11.3 Å². The zero-order valence-corrected chi connectivity index (χ0v) is 8.35. The van der Waals surface area contributed by atoms with Crippen LogP contribution < -0.4 is 5.32 Å². The average Bonchev–Trinajstić information content (AvgIpc) is 1.80. The van der Waals surface area contributed by atoms with E-state index in [0.29, 0.717) is 11.3 Å². The number of likely N-dealkylation sites (tertiary alicyclic amines) is 1. The molecule has 0 unspecified atom stereocenters. The van der Waals surface area contributed by atoms with Crippen LogP contribution in [-0.2, 0) is 0 Å². The molecule has 0 aromatic heterocycles. The predicted molar refractivity (Wildman–Crippen MR) is 49.0 cm³/mol. The second-order valence-corrected chi connectivity index (χ2v) is 4.52. The summed E-state index contributed by atoms with van der Waals surface area (Å²) in [6.45, 7) is 8.48. The van der Waals surface area contributed by atoms with Crippen molar-refractivity contribution in [2.45, 2.75) is 20.8 Å². The minimum Gasteiger partial charge on any atom is -0.341 e. The Morgan fingerprint density at radius 1 is 1.42 bits per heavy atom. The van der Waals surface area contributed by atoms with E-state index in [1.807, 2.05) is 4.90 Å². The van der Waals surface area contributed by atoms with Crippen molar-refractivity contribution in [1.29, 1.82) is 0 Å². The van der Waals surface area contributed by atoms with E-state index in [9.17, 15) is 4.79 Å². The smallest absolute Gasteiger partial charge is 0.317 e. The van der Waals surface area contributed by atoms with Gasteiger partial charge in [-0.25, -0.2) is 4.79 Å². The van der Waals surface area contributed by atoms with E-state index < -0.39 is 0 Å². The van der Waals surface area contributed by atoms with Crippen LogP contribution in [-0.4, -0.2) is 31.1 Å². The first kappa shape index (κ1) is 9.36. The quantitative estimate of drug-likeness (QED) is 0.584. The summed E-state index contributed by atoms with van der Waals surface area (Å²) < 4.78 is 0. The molecule has 3 heteroatoms. The van der Waals surface area contributed by atoms with Gasteiger partial charge in [-0.05, 0) is 11.3 Å². The highest BCUT2D eigenvalue weighted by atomic mass is 16.2. The lowest BCUT2D eigenvalue weighted by atomic mass is 9.76. The maximum absolute atomic E-state index is 11.1. The van der Waals surface area contributed by atoms with E-state index in [-0.39, 0.29) is 6.03 Å². The Kier molecular flexibility index (Phi) is 2.31. The molecule has 0 bridgehead atoms. The molecule has 1 N–H and O–H groups in total. The molecule has 0 aromatic carbocycles. The van der Waals surface area contributed by atoms with E-state index in [1.54, 1.807) is 7.05 Å². The second kappa shape index (κ2) is 2.96. The molecule has 1 heterocycles. The van der Waals surface area contributed by atoms with Crippen LogP contribution in [0.15, 0.2) is 0 Å². The number of nitrogens with one attached hydrogen (secondary N) is 1. The van der Waals surface area contributed by atoms with Crippen molar-refractivity contribution in [3.63, 3.8) is 0 Å².